The number of carbonyl (C=O) groups is 1. The van der Waals surface area contributed by atoms with Gasteiger partial charge in [0.1, 0.15) is 0 Å². The second-order valence-electron chi connectivity index (χ2n) is 4.99. The molecule has 72 valence electrons. The monoisotopic (exact) mass is 179 g/mol. The highest BCUT2D eigenvalue weighted by Gasteiger charge is 2.69. The number of hydrogen-bond acceptors (Lipinski definition) is 1. The summed E-state index contributed by atoms with van der Waals surface area (Å²) in [6, 6.07) is 0. The van der Waals surface area contributed by atoms with Gasteiger partial charge in [-0.3, -0.25) is 4.79 Å². The average molecular weight is 179 g/mol. The fourth-order valence-corrected chi connectivity index (χ4v) is 4.43. The van der Waals surface area contributed by atoms with Crippen LogP contribution in [0.25, 0.3) is 0 Å². The lowest BCUT2D eigenvalue weighted by Crippen LogP contribution is -2.71. The largest absolute Gasteiger partial charge is 0.339 e. The second kappa shape index (κ2) is 2.10. The molecule has 1 saturated heterocycles. The molecule has 2 nitrogen and oxygen atoms in total. The van der Waals surface area contributed by atoms with E-state index in [0.717, 1.165) is 11.8 Å². The molecule has 4 atom stereocenters. The van der Waals surface area contributed by atoms with E-state index in [0.29, 0.717) is 17.4 Å². The third-order valence-electron chi connectivity index (χ3n) is 4.98. The fourth-order valence-electron chi connectivity index (χ4n) is 4.43. The van der Waals surface area contributed by atoms with E-state index in [2.05, 4.69) is 6.92 Å². The standard InChI is InChI=1S/C11H17NO/c1-3-11-8-5-4-7(6-8)9(11)10(13)12(11)2/h7-9H,3-6H2,1-2H3/t7-,8+,9+,11+/m1/s1. The van der Waals surface area contributed by atoms with Crippen LogP contribution in [0, 0.1) is 17.8 Å². The quantitative estimate of drug-likeness (QED) is 0.560. The minimum atomic E-state index is 0.306. The molecule has 0 aromatic rings. The normalized spacial score (nSPS) is 52.3. The third-order valence-corrected chi connectivity index (χ3v) is 4.98. The number of carbonyl (C=O) groups excluding carboxylic acids is 1. The van der Waals surface area contributed by atoms with Crippen LogP contribution < -0.4 is 0 Å². The number of hydrogen-bond donors (Lipinski definition) is 0. The predicted molar refractivity (Wildman–Crippen MR) is 50.1 cm³/mol. The summed E-state index contributed by atoms with van der Waals surface area (Å²) in [5.41, 5.74) is 0.306. The summed E-state index contributed by atoms with van der Waals surface area (Å²) >= 11 is 0. The maximum Gasteiger partial charge on any atom is 0.228 e. The lowest BCUT2D eigenvalue weighted by Gasteiger charge is -2.58. The predicted octanol–water partition coefficient (Wildman–Crippen LogP) is 1.65. The van der Waals surface area contributed by atoms with Crippen LogP contribution in [0.1, 0.15) is 32.6 Å². The van der Waals surface area contributed by atoms with Gasteiger partial charge in [-0.2, -0.15) is 0 Å². The molecule has 0 N–H and O–H groups in total. The Balaban J connectivity index is 2.03. The van der Waals surface area contributed by atoms with E-state index in [1.165, 1.54) is 25.7 Å². The van der Waals surface area contributed by atoms with Crippen molar-refractivity contribution in [3.63, 3.8) is 0 Å². The SMILES string of the molecule is CC[C@]12[C@H]3CC[C@H](C3)[C@H]1C(=O)N2C. The Bertz CT molecular complexity index is 275. The van der Waals surface area contributed by atoms with E-state index in [1.807, 2.05) is 11.9 Å². The van der Waals surface area contributed by atoms with Crippen LogP contribution in [0.15, 0.2) is 0 Å². The van der Waals surface area contributed by atoms with E-state index < -0.39 is 0 Å². The van der Waals surface area contributed by atoms with Gasteiger partial charge in [-0.05, 0) is 37.5 Å². The van der Waals surface area contributed by atoms with E-state index in [1.54, 1.807) is 0 Å². The molecule has 13 heavy (non-hydrogen) atoms. The molecule has 3 fully saturated rings. The molecule has 0 aromatic heterocycles. The van der Waals surface area contributed by atoms with Gasteiger partial charge in [0.25, 0.3) is 0 Å². The molecule has 0 aromatic carbocycles. The van der Waals surface area contributed by atoms with Crippen molar-refractivity contribution in [3.8, 4) is 0 Å². The zero-order chi connectivity index (χ0) is 9.22. The Morgan fingerprint density at radius 1 is 1.54 bits per heavy atom. The highest BCUT2D eigenvalue weighted by atomic mass is 16.2. The van der Waals surface area contributed by atoms with Crippen LogP contribution >= 0.6 is 0 Å². The van der Waals surface area contributed by atoms with Crippen LogP contribution in [0.2, 0.25) is 0 Å². The number of fused-ring (bicyclic) bond motifs is 5. The fraction of sp³-hybridized carbons (Fsp3) is 0.909. The van der Waals surface area contributed by atoms with Crippen LogP contribution in [0.3, 0.4) is 0 Å². The van der Waals surface area contributed by atoms with Gasteiger partial charge in [0.05, 0.1) is 11.5 Å². The topological polar surface area (TPSA) is 20.3 Å². The molecule has 2 bridgehead atoms. The van der Waals surface area contributed by atoms with Crippen LogP contribution in [0.4, 0.5) is 0 Å². The average Bonchev–Trinajstić information content (AvgIpc) is 2.71. The molecule has 0 spiro atoms. The lowest BCUT2D eigenvalue weighted by molar-refractivity contribution is -0.175. The van der Waals surface area contributed by atoms with Gasteiger partial charge in [-0.25, -0.2) is 0 Å². The Hall–Kier alpha value is -0.530. The summed E-state index contributed by atoms with van der Waals surface area (Å²) in [4.78, 5) is 13.8. The number of β-lactam (4-membered cyclic amide) rings is 1. The highest BCUT2D eigenvalue weighted by molar-refractivity contribution is 5.89. The van der Waals surface area contributed by atoms with Crippen molar-refractivity contribution in [1.29, 1.82) is 0 Å². The first-order chi connectivity index (χ1) is 6.21. The van der Waals surface area contributed by atoms with Crippen molar-refractivity contribution < 1.29 is 4.79 Å². The first kappa shape index (κ1) is 7.84. The van der Waals surface area contributed by atoms with Crippen LogP contribution in [-0.2, 0) is 4.79 Å². The summed E-state index contributed by atoms with van der Waals surface area (Å²) in [6.45, 7) is 2.25. The second-order valence-corrected chi connectivity index (χ2v) is 4.99. The van der Waals surface area contributed by atoms with Gasteiger partial charge < -0.3 is 4.90 Å². The van der Waals surface area contributed by atoms with E-state index >= 15 is 0 Å². The number of rotatable bonds is 1. The molecule has 3 aliphatic rings. The summed E-state index contributed by atoms with van der Waals surface area (Å²) < 4.78 is 0. The van der Waals surface area contributed by atoms with Crippen LogP contribution in [0.5, 0.6) is 0 Å². The number of likely N-dealkylation sites (tertiary alicyclic amines) is 1. The van der Waals surface area contributed by atoms with Crippen molar-refractivity contribution in [2.75, 3.05) is 7.05 Å². The zero-order valence-corrected chi connectivity index (χ0v) is 8.42. The van der Waals surface area contributed by atoms with E-state index in [4.69, 9.17) is 0 Å². The van der Waals surface area contributed by atoms with Crippen molar-refractivity contribution >= 4 is 5.91 Å². The van der Waals surface area contributed by atoms with E-state index in [-0.39, 0.29) is 0 Å². The van der Waals surface area contributed by atoms with Gasteiger partial charge in [-0.15, -0.1) is 0 Å². The highest BCUT2D eigenvalue weighted by Crippen LogP contribution is 2.63. The summed E-state index contributed by atoms with van der Waals surface area (Å²) in [7, 11) is 2.00. The van der Waals surface area contributed by atoms with Crippen molar-refractivity contribution in [2.24, 2.45) is 17.8 Å². The van der Waals surface area contributed by atoms with Crippen molar-refractivity contribution in [2.45, 2.75) is 38.1 Å². The van der Waals surface area contributed by atoms with E-state index in [9.17, 15) is 4.79 Å². The number of amides is 1. The van der Waals surface area contributed by atoms with Gasteiger partial charge in [0.15, 0.2) is 0 Å². The molecule has 0 radical (unpaired) electrons. The zero-order valence-electron chi connectivity index (χ0n) is 8.42. The van der Waals surface area contributed by atoms with Gasteiger partial charge in [0.2, 0.25) is 5.91 Å². The Labute approximate surface area is 79.3 Å². The first-order valence-corrected chi connectivity index (χ1v) is 5.49. The van der Waals surface area contributed by atoms with Gasteiger partial charge in [0, 0.05) is 7.05 Å². The summed E-state index contributed by atoms with van der Waals surface area (Å²) in [5, 5.41) is 0. The maximum absolute atomic E-state index is 11.7. The summed E-state index contributed by atoms with van der Waals surface area (Å²) in [5.74, 6) is 2.42. The minimum Gasteiger partial charge on any atom is -0.339 e. The summed E-state index contributed by atoms with van der Waals surface area (Å²) in [6.07, 6.45) is 5.18. The minimum absolute atomic E-state index is 0.306. The molecule has 0 unspecified atom stereocenters. The molecule has 1 heterocycles. The first-order valence-electron chi connectivity index (χ1n) is 5.49. The van der Waals surface area contributed by atoms with Crippen LogP contribution in [-0.4, -0.2) is 23.4 Å². The molecular weight excluding hydrogens is 162 g/mol. The third kappa shape index (κ3) is 0.598. The molecule has 1 amide bonds. The molecule has 3 rings (SSSR count). The Kier molecular flexibility index (Phi) is 1.27. The van der Waals surface area contributed by atoms with Gasteiger partial charge in [-0.1, -0.05) is 6.92 Å². The molecular formula is C11H17NO. The molecule has 2 heteroatoms. The van der Waals surface area contributed by atoms with Gasteiger partial charge >= 0.3 is 0 Å². The molecule has 2 saturated carbocycles. The lowest BCUT2D eigenvalue weighted by atomic mass is 9.63. The Morgan fingerprint density at radius 2 is 2.31 bits per heavy atom. The molecule has 1 aliphatic heterocycles. The number of nitrogens with zero attached hydrogens (tertiary/aromatic N) is 1. The maximum atomic E-state index is 11.7. The van der Waals surface area contributed by atoms with Crippen molar-refractivity contribution in [1.82, 2.24) is 4.90 Å². The Morgan fingerprint density at radius 3 is 2.92 bits per heavy atom. The van der Waals surface area contributed by atoms with Crippen molar-refractivity contribution in [3.05, 3.63) is 0 Å². The smallest absolute Gasteiger partial charge is 0.228 e. The molecule has 2 aliphatic carbocycles.